The summed E-state index contributed by atoms with van der Waals surface area (Å²) in [6.45, 7) is 3.57. The summed E-state index contributed by atoms with van der Waals surface area (Å²) >= 11 is 5.79. The van der Waals surface area contributed by atoms with Crippen molar-refractivity contribution in [1.29, 1.82) is 0 Å². The molecule has 2 nitrogen and oxygen atoms in total. The fraction of sp³-hybridized carbons (Fsp3) is 0.440. The maximum Gasteiger partial charge on any atom is 0.160 e. The molecule has 1 aliphatic carbocycles. The first-order valence-electron chi connectivity index (χ1n) is 10.6. The molecule has 4 rings (SSSR count). The molecule has 1 saturated carbocycles. The minimum atomic E-state index is -0.379. The predicted molar refractivity (Wildman–Crippen MR) is 116 cm³/mol. The highest BCUT2D eigenvalue weighted by atomic mass is 35.5. The zero-order valence-corrected chi connectivity index (χ0v) is 17.6. The largest absolute Gasteiger partial charge is 0.352 e. The van der Waals surface area contributed by atoms with E-state index >= 15 is 0 Å². The highest BCUT2D eigenvalue weighted by molar-refractivity contribution is 6.30. The van der Waals surface area contributed by atoms with Crippen LogP contribution in [0.2, 0.25) is 5.02 Å². The van der Waals surface area contributed by atoms with Crippen LogP contribution in [0.3, 0.4) is 0 Å². The van der Waals surface area contributed by atoms with Gasteiger partial charge in [-0.2, -0.15) is 0 Å². The molecule has 1 aliphatic heterocycles. The van der Waals surface area contributed by atoms with Gasteiger partial charge >= 0.3 is 0 Å². The lowest BCUT2D eigenvalue weighted by Gasteiger charge is -2.37. The predicted octanol–water partition coefficient (Wildman–Crippen LogP) is 6.99. The molecule has 0 unspecified atom stereocenters. The second-order valence-corrected chi connectivity index (χ2v) is 8.59. The van der Waals surface area contributed by atoms with Gasteiger partial charge in [-0.3, -0.25) is 0 Å². The molecular weight excluding hydrogens is 387 g/mol. The van der Waals surface area contributed by atoms with Gasteiger partial charge in [0.1, 0.15) is 5.82 Å². The molecule has 4 heteroatoms. The summed E-state index contributed by atoms with van der Waals surface area (Å²) in [5, 5.41) is 0.158. The third-order valence-corrected chi connectivity index (χ3v) is 6.51. The zero-order chi connectivity index (χ0) is 20.2. The molecular formula is C25H28ClFO2. The smallest absolute Gasteiger partial charge is 0.160 e. The van der Waals surface area contributed by atoms with Gasteiger partial charge < -0.3 is 9.47 Å². The minimum Gasteiger partial charge on any atom is -0.352 e. The molecule has 0 radical (unpaired) electrons. The molecule has 2 fully saturated rings. The van der Waals surface area contributed by atoms with E-state index in [1.54, 1.807) is 6.07 Å². The van der Waals surface area contributed by atoms with Gasteiger partial charge in [-0.05, 0) is 67.3 Å². The Hall–Kier alpha value is -1.68. The molecule has 1 saturated heterocycles. The van der Waals surface area contributed by atoms with E-state index in [0.29, 0.717) is 17.8 Å². The van der Waals surface area contributed by atoms with E-state index in [1.165, 1.54) is 11.6 Å². The average Bonchev–Trinajstić information content (AvgIpc) is 2.77. The van der Waals surface area contributed by atoms with Gasteiger partial charge in [0.15, 0.2) is 6.29 Å². The Bertz CT molecular complexity index is 832. The second kappa shape index (κ2) is 9.42. The van der Waals surface area contributed by atoms with Gasteiger partial charge in [0.2, 0.25) is 0 Å². The molecule has 0 N–H and O–H groups in total. The summed E-state index contributed by atoms with van der Waals surface area (Å²) in [4.78, 5) is 0. The normalized spacial score (nSPS) is 28.0. The first-order valence-corrected chi connectivity index (χ1v) is 10.9. The van der Waals surface area contributed by atoms with E-state index in [0.717, 1.165) is 50.0 Å². The van der Waals surface area contributed by atoms with Crippen LogP contribution in [0.1, 0.15) is 44.1 Å². The number of hydrogen-bond acceptors (Lipinski definition) is 2. The lowest BCUT2D eigenvalue weighted by atomic mass is 9.78. The molecule has 2 aromatic carbocycles. The van der Waals surface area contributed by atoms with Crippen molar-refractivity contribution in [1.82, 2.24) is 0 Å². The molecule has 1 heterocycles. The Morgan fingerprint density at radius 3 is 2.21 bits per heavy atom. The van der Waals surface area contributed by atoms with E-state index in [2.05, 4.69) is 36.4 Å². The minimum absolute atomic E-state index is 0.0420. The van der Waals surface area contributed by atoms with Crippen molar-refractivity contribution in [2.75, 3.05) is 13.2 Å². The molecule has 2 aromatic rings. The van der Waals surface area contributed by atoms with Crippen molar-refractivity contribution in [3.05, 3.63) is 71.0 Å². The van der Waals surface area contributed by atoms with Crippen molar-refractivity contribution in [2.45, 2.75) is 44.8 Å². The third kappa shape index (κ3) is 4.91. The average molecular weight is 415 g/mol. The van der Waals surface area contributed by atoms with Crippen LogP contribution in [0.15, 0.2) is 54.6 Å². The van der Waals surface area contributed by atoms with Crippen LogP contribution in [0.4, 0.5) is 4.39 Å². The SMILES string of the molecule is C/C=C/C1COC(C2CCC(c3ccc(-c4ccc(Cl)c(F)c4)cc3)CC2)OC1. The first kappa shape index (κ1) is 20.6. The van der Waals surface area contributed by atoms with Gasteiger partial charge in [0.25, 0.3) is 0 Å². The molecule has 29 heavy (non-hydrogen) atoms. The van der Waals surface area contributed by atoms with E-state index in [-0.39, 0.29) is 17.1 Å². The van der Waals surface area contributed by atoms with Crippen LogP contribution in [0, 0.1) is 17.7 Å². The van der Waals surface area contributed by atoms with Gasteiger partial charge in [-0.15, -0.1) is 0 Å². The first-order chi connectivity index (χ1) is 14.1. The Morgan fingerprint density at radius 2 is 1.59 bits per heavy atom. The number of benzene rings is 2. The number of allylic oxidation sites excluding steroid dienone is 1. The van der Waals surface area contributed by atoms with Crippen LogP contribution >= 0.6 is 11.6 Å². The zero-order valence-electron chi connectivity index (χ0n) is 16.8. The lowest BCUT2D eigenvalue weighted by Crippen LogP contribution is -2.37. The Labute approximate surface area is 177 Å². The van der Waals surface area contributed by atoms with Crippen molar-refractivity contribution >= 4 is 11.6 Å². The van der Waals surface area contributed by atoms with Crippen molar-refractivity contribution < 1.29 is 13.9 Å². The molecule has 0 bridgehead atoms. The topological polar surface area (TPSA) is 18.5 Å². The second-order valence-electron chi connectivity index (χ2n) is 8.18. The maximum atomic E-state index is 13.7. The fourth-order valence-electron chi connectivity index (χ4n) is 4.54. The molecule has 2 aliphatic rings. The molecule has 0 amide bonds. The number of halogens is 2. The molecule has 154 valence electrons. The number of rotatable bonds is 4. The van der Waals surface area contributed by atoms with Crippen molar-refractivity contribution in [3.8, 4) is 11.1 Å². The monoisotopic (exact) mass is 414 g/mol. The highest BCUT2D eigenvalue weighted by Gasteiger charge is 2.32. The third-order valence-electron chi connectivity index (χ3n) is 6.21. The van der Waals surface area contributed by atoms with E-state index in [9.17, 15) is 4.39 Å². The van der Waals surface area contributed by atoms with Crippen molar-refractivity contribution in [3.63, 3.8) is 0 Å². The van der Waals surface area contributed by atoms with Gasteiger partial charge in [0.05, 0.1) is 18.2 Å². The van der Waals surface area contributed by atoms with E-state index in [1.807, 2.05) is 13.0 Å². The Balaban J connectivity index is 1.32. The van der Waals surface area contributed by atoms with Crippen LogP contribution in [0.25, 0.3) is 11.1 Å². The standard InChI is InChI=1S/C25H28ClFO2/c1-2-3-17-15-28-25(29-16-17)21-10-8-19(9-11-21)18-4-6-20(7-5-18)22-12-13-23(26)24(27)14-22/h2-7,12-14,17,19,21,25H,8-11,15-16H2,1H3/b3-2+. The summed E-state index contributed by atoms with van der Waals surface area (Å²) in [5.41, 5.74) is 3.22. The van der Waals surface area contributed by atoms with Crippen LogP contribution in [-0.4, -0.2) is 19.5 Å². The van der Waals surface area contributed by atoms with Crippen molar-refractivity contribution in [2.24, 2.45) is 11.8 Å². The summed E-state index contributed by atoms with van der Waals surface area (Å²) < 4.78 is 25.7. The van der Waals surface area contributed by atoms with Gasteiger partial charge in [-0.25, -0.2) is 4.39 Å². The summed E-state index contributed by atoms with van der Waals surface area (Å²) in [7, 11) is 0. The van der Waals surface area contributed by atoms with E-state index in [4.69, 9.17) is 21.1 Å². The quantitative estimate of drug-likeness (QED) is 0.502. The lowest BCUT2D eigenvalue weighted by molar-refractivity contribution is -0.222. The Morgan fingerprint density at radius 1 is 0.931 bits per heavy atom. The highest BCUT2D eigenvalue weighted by Crippen LogP contribution is 2.39. The van der Waals surface area contributed by atoms with Gasteiger partial charge in [0, 0.05) is 11.8 Å². The number of hydrogen-bond donors (Lipinski definition) is 0. The maximum absolute atomic E-state index is 13.7. The summed E-state index contributed by atoms with van der Waals surface area (Å²) in [6.07, 6.45) is 8.76. The molecule has 0 spiro atoms. The summed E-state index contributed by atoms with van der Waals surface area (Å²) in [5.74, 6) is 1.08. The fourth-order valence-corrected chi connectivity index (χ4v) is 4.65. The van der Waals surface area contributed by atoms with Crippen LogP contribution < -0.4 is 0 Å². The molecule has 0 atom stereocenters. The van der Waals surface area contributed by atoms with E-state index < -0.39 is 0 Å². The number of ether oxygens (including phenoxy) is 2. The van der Waals surface area contributed by atoms with Gasteiger partial charge in [-0.1, -0.05) is 54.1 Å². The van der Waals surface area contributed by atoms with Crippen LogP contribution in [0.5, 0.6) is 0 Å². The molecule has 0 aromatic heterocycles. The Kier molecular flexibility index (Phi) is 6.69. The van der Waals surface area contributed by atoms with Crippen LogP contribution in [-0.2, 0) is 9.47 Å². The summed E-state index contributed by atoms with van der Waals surface area (Å²) in [6, 6.07) is 13.5.